The SMILES string of the molecule is CCCCCCCCCCCC(O)C[C@H]1OC(=O)[C@@H]1Nc1ccccc1. The Morgan fingerprint density at radius 3 is 2.23 bits per heavy atom. The minimum atomic E-state index is -0.391. The first-order valence-corrected chi connectivity index (χ1v) is 10.4. The predicted molar refractivity (Wildman–Crippen MR) is 106 cm³/mol. The molecule has 1 saturated heterocycles. The third kappa shape index (κ3) is 7.36. The van der Waals surface area contributed by atoms with Gasteiger partial charge in [-0.15, -0.1) is 0 Å². The minimum absolute atomic E-state index is 0.226. The molecule has 0 aliphatic carbocycles. The van der Waals surface area contributed by atoms with Crippen molar-refractivity contribution in [3.63, 3.8) is 0 Å². The Morgan fingerprint density at radius 2 is 1.62 bits per heavy atom. The lowest BCUT2D eigenvalue weighted by molar-refractivity contribution is -0.174. The summed E-state index contributed by atoms with van der Waals surface area (Å²) in [5, 5.41) is 13.4. The molecule has 1 aliphatic rings. The fraction of sp³-hybridized carbons (Fsp3) is 0.682. The number of benzene rings is 1. The molecule has 0 aromatic heterocycles. The summed E-state index contributed by atoms with van der Waals surface area (Å²) in [5.74, 6) is -0.228. The van der Waals surface area contributed by atoms with E-state index >= 15 is 0 Å². The van der Waals surface area contributed by atoms with Gasteiger partial charge in [-0.25, -0.2) is 4.79 Å². The number of ether oxygens (including phenoxy) is 1. The summed E-state index contributed by atoms with van der Waals surface area (Å²) < 4.78 is 5.22. The molecule has 1 heterocycles. The number of carbonyl (C=O) groups is 1. The number of anilines is 1. The van der Waals surface area contributed by atoms with E-state index < -0.39 is 6.10 Å². The van der Waals surface area contributed by atoms with Gasteiger partial charge in [-0.3, -0.25) is 0 Å². The highest BCUT2D eigenvalue weighted by Crippen LogP contribution is 2.25. The Bertz CT molecular complexity index is 505. The summed E-state index contributed by atoms with van der Waals surface area (Å²) in [5.41, 5.74) is 0.910. The van der Waals surface area contributed by atoms with Crippen LogP contribution in [0, 0.1) is 0 Å². The van der Waals surface area contributed by atoms with Crippen LogP contribution in [0.4, 0.5) is 5.69 Å². The molecule has 146 valence electrons. The molecule has 0 radical (unpaired) electrons. The molecule has 4 heteroatoms. The van der Waals surface area contributed by atoms with Gasteiger partial charge < -0.3 is 15.2 Å². The maximum atomic E-state index is 11.7. The molecule has 0 amide bonds. The Hall–Kier alpha value is -1.55. The zero-order chi connectivity index (χ0) is 18.6. The molecule has 0 bridgehead atoms. The summed E-state index contributed by atoms with van der Waals surface area (Å²) in [6.07, 6.45) is 12.2. The van der Waals surface area contributed by atoms with Crippen LogP contribution in [0.15, 0.2) is 30.3 Å². The highest BCUT2D eigenvalue weighted by Gasteiger charge is 2.43. The van der Waals surface area contributed by atoms with E-state index in [-0.39, 0.29) is 18.1 Å². The third-order valence-corrected chi connectivity index (χ3v) is 5.13. The summed E-state index contributed by atoms with van der Waals surface area (Å²) in [7, 11) is 0. The van der Waals surface area contributed by atoms with Crippen molar-refractivity contribution < 1.29 is 14.6 Å². The van der Waals surface area contributed by atoms with Crippen LogP contribution in [0.5, 0.6) is 0 Å². The minimum Gasteiger partial charge on any atom is -0.458 e. The van der Waals surface area contributed by atoms with E-state index in [0.29, 0.717) is 6.42 Å². The molecular weight excluding hydrogens is 326 g/mol. The summed E-state index contributed by atoms with van der Waals surface area (Å²) in [6, 6.07) is 9.33. The van der Waals surface area contributed by atoms with Gasteiger partial charge in [-0.1, -0.05) is 82.9 Å². The van der Waals surface area contributed by atoms with Crippen LogP contribution in [0.1, 0.15) is 77.6 Å². The van der Waals surface area contributed by atoms with Crippen LogP contribution in [-0.2, 0) is 9.53 Å². The summed E-state index contributed by atoms with van der Waals surface area (Å²) in [6.45, 7) is 2.25. The topological polar surface area (TPSA) is 58.6 Å². The van der Waals surface area contributed by atoms with Crippen LogP contribution in [0.25, 0.3) is 0 Å². The van der Waals surface area contributed by atoms with Crippen molar-refractivity contribution in [1.29, 1.82) is 0 Å². The van der Waals surface area contributed by atoms with Crippen molar-refractivity contribution in [3.05, 3.63) is 30.3 Å². The number of unbranched alkanes of at least 4 members (excludes halogenated alkanes) is 8. The van der Waals surface area contributed by atoms with E-state index in [2.05, 4.69) is 12.2 Å². The Balaban J connectivity index is 1.53. The maximum absolute atomic E-state index is 11.7. The van der Waals surface area contributed by atoms with E-state index in [1.165, 1.54) is 51.4 Å². The second-order valence-electron chi connectivity index (χ2n) is 7.47. The highest BCUT2D eigenvalue weighted by atomic mass is 16.6. The van der Waals surface area contributed by atoms with E-state index in [1.54, 1.807) is 0 Å². The molecule has 1 fully saturated rings. The number of esters is 1. The van der Waals surface area contributed by atoms with Gasteiger partial charge in [-0.05, 0) is 18.6 Å². The molecule has 1 aromatic carbocycles. The molecule has 1 unspecified atom stereocenters. The highest BCUT2D eigenvalue weighted by molar-refractivity contribution is 5.85. The molecule has 3 atom stereocenters. The second-order valence-corrected chi connectivity index (χ2v) is 7.47. The van der Waals surface area contributed by atoms with E-state index in [1.807, 2.05) is 30.3 Å². The molecule has 1 aromatic rings. The zero-order valence-electron chi connectivity index (χ0n) is 16.2. The normalized spacial score (nSPS) is 20.3. The largest absolute Gasteiger partial charge is 0.458 e. The van der Waals surface area contributed by atoms with Gasteiger partial charge in [0.25, 0.3) is 0 Å². The second kappa shape index (κ2) is 11.9. The van der Waals surface area contributed by atoms with Crippen molar-refractivity contribution in [1.82, 2.24) is 0 Å². The number of hydrogen-bond donors (Lipinski definition) is 2. The molecule has 0 spiro atoms. The van der Waals surface area contributed by atoms with Crippen LogP contribution < -0.4 is 5.32 Å². The van der Waals surface area contributed by atoms with Crippen molar-refractivity contribution in [2.24, 2.45) is 0 Å². The smallest absolute Gasteiger partial charge is 0.332 e. The zero-order valence-corrected chi connectivity index (χ0v) is 16.2. The average molecular weight is 362 g/mol. The predicted octanol–water partition coefficient (Wildman–Crippen LogP) is 5.06. The van der Waals surface area contributed by atoms with Gasteiger partial charge in [0, 0.05) is 12.1 Å². The number of para-hydroxylation sites is 1. The van der Waals surface area contributed by atoms with Crippen LogP contribution in [-0.4, -0.2) is 29.3 Å². The molecule has 1 aliphatic heterocycles. The monoisotopic (exact) mass is 361 g/mol. The number of nitrogens with one attached hydrogen (secondary N) is 1. The maximum Gasteiger partial charge on any atom is 0.332 e. The number of rotatable bonds is 14. The Labute approximate surface area is 158 Å². The van der Waals surface area contributed by atoms with Crippen molar-refractivity contribution in [2.75, 3.05) is 5.32 Å². The Morgan fingerprint density at radius 1 is 1.00 bits per heavy atom. The standard InChI is InChI=1S/C22H35NO3/c1-2-3-4-5-6-7-8-9-13-16-19(24)17-20-21(22(25)26-20)23-18-14-11-10-12-15-18/h10-12,14-15,19-21,23-24H,2-9,13,16-17H2,1H3/t19?,20-,21-/m1/s1. The van der Waals surface area contributed by atoms with Crippen molar-refractivity contribution in [3.8, 4) is 0 Å². The molecule has 4 nitrogen and oxygen atoms in total. The van der Waals surface area contributed by atoms with Gasteiger partial charge in [0.05, 0.1) is 6.10 Å². The average Bonchev–Trinajstić information content (AvgIpc) is 2.65. The number of aliphatic hydroxyl groups is 1. The van der Waals surface area contributed by atoms with Gasteiger partial charge in [-0.2, -0.15) is 0 Å². The molecule has 26 heavy (non-hydrogen) atoms. The van der Waals surface area contributed by atoms with Crippen LogP contribution in [0.2, 0.25) is 0 Å². The first-order chi connectivity index (χ1) is 12.7. The fourth-order valence-electron chi connectivity index (χ4n) is 3.50. The summed E-state index contributed by atoms with van der Waals surface area (Å²) in [4.78, 5) is 11.7. The van der Waals surface area contributed by atoms with E-state index in [9.17, 15) is 9.90 Å². The van der Waals surface area contributed by atoms with Crippen molar-refractivity contribution in [2.45, 2.75) is 95.8 Å². The van der Waals surface area contributed by atoms with Crippen LogP contribution >= 0.6 is 0 Å². The first kappa shape index (κ1) is 20.8. The van der Waals surface area contributed by atoms with E-state index in [0.717, 1.165) is 18.5 Å². The summed E-state index contributed by atoms with van der Waals surface area (Å²) >= 11 is 0. The van der Waals surface area contributed by atoms with Gasteiger partial charge in [0.1, 0.15) is 6.10 Å². The molecule has 0 saturated carbocycles. The van der Waals surface area contributed by atoms with Crippen molar-refractivity contribution >= 4 is 11.7 Å². The fourth-order valence-corrected chi connectivity index (χ4v) is 3.50. The number of carbonyl (C=O) groups excluding carboxylic acids is 1. The lowest BCUT2D eigenvalue weighted by Crippen LogP contribution is -2.55. The first-order valence-electron chi connectivity index (χ1n) is 10.4. The van der Waals surface area contributed by atoms with E-state index in [4.69, 9.17) is 4.74 Å². The van der Waals surface area contributed by atoms with Gasteiger partial charge in [0.2, 0.25) is 0 Å². The number of cyclic esters (lactones) is 1. The number of hydrogen-bond acceptors (Lipinski definition) is 4. The quantitative estimate of drug-likeness (QED) is 0.359. The Kier molecular flexibility index (Phi) is 9.54. The lowest BCUT2D eigenvalue weighted by atomic mass is 9.96. The molecule has 2 N–H and O–H groups in total. The van der Waals surface area contributed by atoms with Gasteiger partial charge >= 0.3 is 5.97 Å². The van der Waals surface area contributed by atoms with Gasteiger partial charge in [0.15, 0.2) is 6.04 Å². The molecular formula is C22H35NO3. The molecule has 2 rings (SSSR count). The number of aliphatic hydroxyl groups excluding tert-OH is 1. The lowest BCUT2D eigenvalue weighted by Gasteiger charge is -2.37. The third-order valence-electron chi connectivity index (χ3n) is 5.13. The van der Waals surface area contributed by atoms with Crippen LogP contribution in [0.3, 0.4) is 0 Å².